The van der Waals surface area contributed by atoms with Gasteiger partial charge in [0.25, 0.3) is 0 Å². The lowest BCUT2D eigenvalue weighted by molar-refractivity contribution is 0.312. The molecule has 0 saturated carbocycles. The lowest BCUT2D eigenvalue weighted by atomic mass is 10.1. The van der Waals surface area contributed by atoms with Crippen molar-refractivity contribution < 1.29 is 0 Å². The molecule has 0 aromatic heterocycles. The summed E-state index contributed by atoms with van der Waals surface area (Å²) in [5.74, 6) is 0. The van der Waals surface area contributed by atoms with Gasteiger partial charge in [-0.2, -0.15) is 0 Å². The lowest BCUT2D eigenvalue weighted by Gasteiger charge is -2.19. The van der Waals surface area contributed by atoms with E-state index in [-0.39, 0.29) is 12.4 Å². The summed E-state index contributed by atoms with van der Waals surface area (Å²) < 4.78 is 0. The van der Waals surface area contributed by atoms with Crippen molar-refractivity contribution in [2.75, 3.05) is 20.4 Å². The van der Waals surface area contributed by atoms with E-state index < -0.39 is 0 Å². The highest BCUT2D eigenvalue weighted by atomic mass is 35.5. The number of likely N-dealkylation sites (N-methyl/N-ethyl adjacent to an activating group) is 1. The Morgan fingerprint density at radius 2 is 1.73 bits per heavy atom. The topological polar surface area (TPSA) is 3.24 Å². The maximum absolute atomic E-state index is 2.25. The van der Waals surface area contributed by atoms with Gasteiger partial charge in [-0.3, -0.25) is 0 Å². The molecule has 86 valence electrons. The van der Waals surface area contributed by atoms with Crippen molar-refractivity contribution in [3.05, 3.63) is 29.8 Å². The Balaban J connectivity index is 0.00000196. The Morgan fingerprint density at radius 3 is 2.13 bits per heavy atom. The average Bonchev–Trinajstić information content (AvgIpc) is 2.19. The van der Waals surface area contributed by atoms with E-state index in [1.165, 1.54) is 10.5 Å². The van der Waals surface area contributed by atoms with Crippen LogP contribution in [0.5, 0.6) is 0 Å². The molecule has 0 bridgehead atoms. The summed E-state index contributed by atoms with van der Waals surface area (Å²) in [6.45, 7) is 2.25. The molecule has 1 nitrogen and oxygen atoms in total. The number of rotatable bonds is 4. The minimum atomic E-state index is 0. The van der Waals surface area contributed by atoms with Gasteiger partial charge in [0.2, 0.25) is 0 Å². The Labute approximate surface area is 104 Å². The van der Waals surface area contributed by atoms with Crippen LogP contribution in [0.25, 0.3) is 0 Å². The van der Waals surface area contributed by atoms with Gasteiger partial charge in [-0.1, -0.05) is 12.1 Å². The monoisotopic (exact) mass is 245 g/mol. The third-order valence-electron chi connectivity index (χ3n) is 2.57. The molecule has 1 unspecified atom stereocenters. The molecule has 1 atom stereocenters. The van der Waals surface area contributed by atoms with Gasteiger partial charge >= 0.3 is 0 Å². The van der Waals surface area contributed by atoms with Crippen molar-refractivity contribution >= 4 is 24.2 Å². The van der Waals surface area contributed by atoms with Crippen molar-refractivity contribution in [1.29, 1.82) is 0 Å². The molecule has 0 aliphatic rings. The maximum atomic E-state index is 2.25. The van der Waals surface area contributed by atoms with E-state index in [2.05, 4.69) is 56.4 Å². The van der Waals surface area contributed by atoms with Crippen molar-refractivity contribution in [2.24, 2.45) is 0 Å². The number of halogens is 1. The molecule has 15 heavy (non-hydrogen) atoms. The van der Waals surface area contributed by atoms with Gasteiger partial charge in [-0.05, 0) is 51.4 Å². The fourth-order valence-corrected chi connectivity index (χ4v) is 1.69. The number of benzene rings is 1. The highest BCUT2D eigenvalue weighted by molar-refractivity contribution is 7.98. The van der Waals surface area contributed by atoms with Crippen LogP contribution in [-0.2, 0) is 6.42 Å². The van der Waals surface area contributed by atoms with Gasteiger partial charge in [0.1, 0.15) is 0 Å². The molecule has 0 N–H and O–H groups in total. The van der Waals surface area contributed by atoms with E-state index >= 15 is 0 Å². The van der Waals surface area contributed by atoms with Crippen LogP contribution in [0.4, 0.5) is 0 Å². The van der Waals surface area contributed by atoms with Crippen molar-refractivity contribution in [3.63, 3.8) is 0 Å². The molecule has 0 amide bonds. The largest absolute Gasteiger partial charge is 0.306 e. The van der Waals surface area contributed by atoms with Gasteiger partial charge in [0.05, 0.1) is 0 Å². The molecule has 1 aromatic rings. The quantitative estimate of drug-likeness (QED) is 0.749. The first kappa shape index (κ1) is 14.8. The van der Waals surface area contributed by atoms with E-state index in [0.29, 0.717) is 6.04 Å². The van der Waals surface area contributed by atoms with Gasteiger partial charge in [-0.15, -0.1) is 24.2 Å². The van der Waals surface area contributed by atoms with Gasteiger partial charge < -0.3 is 4.90 Å². The van der Waals surface area contributed by atoms with Crippen molar-refractivity contribution in [2.45, 2.75) is 24.3 Å². The van der Waals surface area contributed by atoms with Crippen LogP contribution in [0.3, 0.4) is 0 Å². The summed E-state index contributed by atoms with van der Waals surface area (Å²) in [4.78, 5) is 3.59. The van der Waals surface area contributed by atoms with Crippen LogP contribution in [0, 0.1) is 0 Å². The number of thioether (sulfide) groups is 1. The predicted molar refractivity (Wildman–Crippen MR) is 72.3 cm³/mol. The van der Waals surface area contributed by atoms with Gasteiger partial charge in [-0.25, -0.2) is 0 Å². The molecule has 0 aliphatic heterocycles. The zero-order valence-corrected chi connectivity index (χ0v) is 11.5. The van der Waals surface area contributed by atoms with Gasteiger partial charge in [0.15, 0.2) is 0 Å². The number of nitrogens with zero attached hydrogens (tertiary/aromatic N) is 1. The van der Waals surface area contributed by atoms with E-state index in [4.69, 9.17) is 0 Å². The molecule has 0 radical (unpaired) electrons. The number of hydrogen-bond acceptors (Lipinski definition) is 2. The van der Waals surface area contributed by atoms with E-state index in [1.807, 2.05) is 0 Å². The summed E-state index contributed by atoms with van der Waals surface area (Å²) in [6.07, 6.45) is 3.24. The molecule has 3 heteroatoms. The Hall–Kier alpha value is -0.180. The average molecular weight is 246 g/mol. The summed E-state index contributed by atoms with van der Waals surface area (Å²) in [5.41, 5.74) is 1.42. The fraction of sp³-hybridized carbons (Fsp3) is 0.500. The summed E-state index contributed by atoms with van der Waals surface area (Å²) >= 11 is 1.79. The Kier molecular flexibility index (Phi) is 7.07. The zero-order chi connectivity index (χ0) is 10.6. The molecule has 0 saturated heterocycles. The minimum absolute atomic E-state index is 0. The Morgan fingerprint density at radius 1 is 1.20 bits per heavy atom. The van der Waals surface area contributed by atoms with Crippen LogP contribution in [-0.4, -0.2) is 31.3 Å². The van der Waals surface area contributed by atoms with E-state index in [0.717, 1.165) is 6.42 Å². The smallest absolute Gasteiger partial charge is 0.0101 e. The van der Waals surface area contributed by atoms with E-state index in [1.54, 1.807) is 11.8 Å². The van der Waals surface area contributed by atoms with Crippen LogP contribution < -0.4 is 0 Å². The SMILES string of the molecule is CSc1ccc(CC(C)N(C)C)cc1.Cl. The summed E-state index contributed by atoms with van der Waals surface area (Å²) in [6, 6.07) is 9.46. The first-order valence-corrected chi connectivity index (χ1v) is 6.15. The molecule has 0 fully saturated rings. The summed E-state index contributed by atoms with van der Waals surface area (Å²) in [7, 11) is 4.25. The lowest BCUT2D eigenvalue weighted by Crippen LogP contribution is -2.26. The summed E-state index contributed by atoms with van der Waals surface area (Å²) in [5, 5.41) is 0. The second-order valence-corrected chi connectivity index (χ2v) is 4.74. The van der Waals surface area contributed by atoms with Crippen molar-refractivity contribution in [3.8, 4) is 0 Å². The standard InChI is InChI=1S/C12H19NS.ClH/c1-10(13(2)3)9-11-5-7-12(14-4)8-6-11;/h5-8,10H,9H2,1-4H3;1H. The maximum Gasteiger partial charge on any atom is 0.0101 e. The first-order chi connectivity index (χ1) is 6.63. The Bertz CT molecular complexity index is 271. The molecule has 0 aliphatic carbocycles. The van der Waals surface area contributed by atoms with Crippen LogP contribution in [0.15, 0.2) is 29.2 Å². The van der Waals surface area contributed by atoms with Crippen LogP contribution in [0.2, 0.25) is 0 Å². The fourth-order valence-electron chi connectivity index (χ4n) is 1.29. The van der Waals surface area contributed by atoms with Crippen molar-refractivity contribution in [1.82, 2.24) is 4.90 Å². The zero-order valence-electron chi connectivity index (χ0n) is 9.86. The molecule has 0 heterocycles. The second kappa shape index (κ2) is 7.15. The second-order valence-electron chi connectivity index (χ2n) is 3.86. The highest BCUT2D eigenvalue weighted by Gasteiger charge is 2.05. The first-order valence-electron chi connectivity index (χ1n) is 4.93. The molecular formula is C12H20ClNS. The highest BCUT2D eigenvalue weighted by Crippen LogP contribution is 2.16. The molecule has 0 spiro atoms. The minimum Gasteiger partial charge on any atom is -0.306 e. The normalized spacial score (nSPS) is 12.3. The predicted octanol–water partition coefficient (Wildman–Crippen LogP) is 3.32. The molecular weight excluding hydrogens is 226 g/mol. The molecule has 1 rings (SSSR count). The van der Waals surface area contributed by atoms with Gasteiger partial charge in [0, 0.05) is 10.9 Å². The van der Waals surface area contributed by atoms with Crippen LogP contribution in [0.1, 0.15) is 12.5 Å². The molecule has 1 aromatic carbocycles. The third kappa shape index (κ3) is 4.92. The number of hydrogen-bond donors (Lipinski definition) is 0. The van der Waals surface area contributed by atoms with E-state index in [9.17, 15) is 0 Å². The third-order valence-corrected chi connectivity index (χ3v) is 3.32. The van der Waals surface area contributed by atoms with Crippen LogP contribution >= 0.6 is 24.2 Å².